The number of nitrogens with zero attached hydrogens (tertiary/aromatic N) is 1. The summed E-state index contributed by atoms with van der Waals surface area (Å²) in [6, 6.07) is 10.3. The van der Waals surface area contributed by atoms with Crippen LogP contribution in [-0.2, 0) is 16.0 Å². The Balaban J connectivity index is 1.91. The van der Waals surface area contributed by atoms with Crippen LogP contribution in [0.1, 0.15) is 25.3 Å². The molecular formula is C16H24N2O2. The minimum absolute atomic E-state index is 0.0583. The van der Waals surface area contributed by atoms with Gasteiger partial charge in [-0.3, -0.25) is 10.1 Å². The summed E-state index contributed by atoms with van der Waals surface area (Å²) < 4.78 is 5.09. The summed E-state index contributed by atoms with van der Waals surface area (Å²) in [5.74, 6) is 0.213. The number of rotatable bonds is 7. The third kappa shape index (κ3) is 3.58. The van der Waals surface area contributed by atoms with E-state index < -0.39 is 0 Å². The SMILES string of the molecule is CCC1NC(CCc2ccccc2)C(=O)N1CCOC. The van der Waals surface area contributed by atoms with Crippen LogP contribution in [0, 0.1) is 0 Å². The molecule has 110 valence electrons. The molecule has 2 unspecified atom stereocenters. The second-order valence-electron chi connectivity index (χ2n) is 5.19. The van der Waals surface area contributed by atoms with Crippen LogP contribution in [-0.4, -0.2) is 43.3 Å². The molecule has 1 aliphatic heterocycles. The van der Waals surface area contributed by atoms with Crippen LogP contribution in [0.15, 0.2) is 30.3 Å². The van der Waals surface area contributed by atoms with Gasteiger partial charge in [0.25, 0.3) is 0 Å². The summed E-state index contributed by atoms with van der Waals surface area (Å²) in [4.78, 5) is 14.3. The number of ether oxygens (including phenoxy) is 1. The maximum atomic E-state index is 12.4. The fraction of sp³-hybridized carbons (Fsp3) is 0.562. The topological polar surface area (TPSA) is 41.6 Å². The first-order chi connectivity index (χ1) is 9.76. The van der Waals surface area contributed by atoms with Crippen LogP contribution in [0.4, 0.5) is 0 Å². The molecule has 2 rings (SSSR count). The number of hydrogen-bond donors (Lipinski definition) is 1. The van der Waals surface area contributed by atoms with E-state index in [9.17, 15) is 4.79 Å². The summed E-state index contributed by atoms with van der Waals surface area (Å²) in [5, 5.41) is 3.44. The predicted octanol–water partition coefficient (Wildman–Crippen LogP) is 1.80. The number of amides is 1. The largest absolute Gasteiger partial charge is 0.383 e. The van der Waals surface area contributed by atoms with Crippen molar-refractivity contribution in [3.63, 3.8) is 0 Å². The molecule has 1 fully saturated rings. The lowest BCUT2D eigenvalue weighted by Crippen LogP contribution is -2.38. The minimum atomic E-state index is -0.0583. The van der Waals surface area contributed by atoms with Gasteiger partial charge in [0.15, 0.2) is 0 Å². The second-order valence-corrected chi connectivity index (χ2v) is 5.19. The van der Waals surface area contributed by atoms with E-state index in [1.54, 1.807) is 7.11 Å². The summed E-state index contributed by atoms with van der Waals surface area (Å²) in [5.41, 5.74) is 1.28. The van der Waals surface area contributed by atoms with Crippen LogP contribution in [0.5, 0.6) is 0 Å². The zero-order valence-corrected chi connectivity index (χ0v) is 12.3. The Bertz CT molecular complexity index is 422. The molecule has 20 heavy (non-hydrogen) atoms. The molecule has 4 nitrogen and oxygen atoms in total. The van der Waals surface area contributed by atoms with Gasteiger partial charge in [-0.15, -0.1) is 0 Å². The van der Waals surface area contributed by atoms with Crippen molar-refractivity contribution in [2.24, 2.45) is 0 Å². The summed E-state index contributed by atoms with van der Waals surface area (Å²) in [7, 11) is 1.67. The van der Waals surface area contributed by atoms with Crippen molar-refractivity contribution in [1.29, 1.82) is 0 Å². The first-order valence-corrected chi connectivity index (χ1v) is 7.35. The zero-order chi connectivity index (χ0) is 14.4. The molecule has 1 aliphatic rings. The fourth-order valence-electron chi connectivity index (χ4n) is 2.70. The van der Waals surface area contributed by atoms with E-state index in [1.807, 2.05) is 23.1 Å². The fourth-order valence-corrected chi connectivity index (χ4v) is 2.70. The van der Waals surface area contributed by atoms with E-state index in [2.05, 4.69) is 24.4 Å². The van der Waals surface area contributed by atoms with Gasteiger partial charge in [-0.05, 0) is 24.8 Å². The molecule has 0 saturated carbocycles. The number of carbonyl (C=O) groups is 1. The smallest absolute Gasteiger partial charge is 0.241 e. The molecule has 1 saturated heterocycles. The Labute approximate surface area is 121 Å². The molecule has 1 amide bonds. The lowest BCUT2D eigenvalue weighted by Gasteiger charge is -2.22. The van der Waals surface area contributed by atoms with Crippen molar-refractivity contribution in [3.8, 4) is 0 Å². The lowest BCUT2D eigenvalue weighted by atomic mass is 10.1. The molecule has 1 N–H and O–H groups in total. The average Bonchev–Trinajstić information content (AvgIpc) is 2.80. The van der Waals surface area contributed by atoms with Gasteiger partial charge in [-0.2, -0.15) is 0 Å². The highest BCUT2D eigenvalue weighted by atomic mass is 16.5. The molecule has 0 spiro atoms. The van der Waals surface area contributed by atoms with Crippen molar-refractivity contribution in [3.05, 3.63) is 35.9 Å². The highest BCUT2D eigenvalue weighted by Crippen LogP contribution is 2.17. The third-order valence-corrected chi connectivity index (χ3v) is 3.84. The molecule has 1 heterocycles. The number of benzene rings is 1. The number of aryl methyl sites for hydroxylation is 1. The van der Waals surface area contributed by atoms with Crippen molar-refractivity contribution < 1.29 is 9.53 Å². The van der Waals surface area contributed by atoms with Gasteiger partial charge in [-0.25, -0.2) is 0 Å². The summed E-state index contributed by atoms with van der Waals surface area (Å²) in [6.07, 6.45) is 2.86. The van der Waals surface area contributed by atoms with Crippen molar-refractivity contribution in [1.82, 2.24) is 10.2 Å². The number of carbonyl (C=O) groups excluding carboxylic acids is 1. The van der Waals surface area contributed by atoms with Crippen LogP contribution >= 0.6 is 0 Å². The highest BCUT2D eigenvalue weighted by Gasteiger charge is 2.36. The standard InChI is InChI=1S/C16H24N2O2/c1-3-15-17-14(16(19)18(15)11-12-20-2)10-9-13-7-5-4-6-8-13/h4-8,14-15,17H,3,9-12H2,1-2H3. The Kier molecular flexibility index (Phi) is 5.56. The van der Waals surface area contributed by atoms with Gasteiger partial charge < -0.3 is 9.64 Å². The summed E-state index contributed by atoms with van der Waals surface area (Å²) in [6.45, 7) is 3.36. The van der Waals surface area contributed by atoms with Gasteiger partial charge in [0.1, 0.15) is 0 Å². The minimum Gasteiger partial charge on any atom is -0.383 e. The Hall–Kier alpha value is -1.39. The molecular weight excluding hydrogens is 252 g/mol. The van der Waals surface area contributed by atoms with E-state index in [1.165, 1.54) is 5.56 Å². The Morgan fingerprint density at radius 1 is 1.30 bits per heavy atom. The molecule has 1 aromatic carbocycles. The van der Waals surface area contributed by atoms with E-state index >= 15 is 0 Å². The Morgan fingerprint density at radius 3 is 2.70 bits per heavy atom. The molecule has 2 atom stereocenters. The van der Waals surface area contributed by atoms with E-state index in [0.29, 0.717) is 13.2 Å². The monoisotopic (exact) mass is 276 g/mol. The van der Waals surface area contributed by atoms with Gasteiger partial charge in [0.05, 0.1) is 18.8 Å². The number of nitrogens with one attached hydrogen (secondary N) is 1. The van der Waals surface area contributed by atoms with Crippen molar-refractivity contribution in [2.75, 3.05) is 20.3 Å². The van der Waals surface area contributed by atoms with E-state index in [-0.39, 0.29) is 18.1 Å². The third-order valence-electron chi connectivity index (χ3n) is 3.84. The Morgan fingerprint density at radius 2 is 2.05 bits per heavy atom. The molecule has 0 aromatic heterocycles. The van der Waals surface area contributed by atoms with E-state index in [0.717, 1.165) is 19.3 Å². The maximum Gasteiger partial charge on any atom is 0.241 e. The average molecular weight is 276 g/mol. The molecule has 1 aromatic rings. The molecule has 0 radical (unpaired) electrons. The predicted molar refractivity (Wildman–Crippen MR) is 79.4 cm³/mol. The van der Waals surface area contributed by atoms with Crippen LogP contribution in [0.3, 0.4) is 0 Å². The zero-order valence-electron chi connectivity index (χ0n) is 12.3. The van der Waals surface area contributed by atoms with Crippen LogP contribution in [0.2, 0.25) is 0 Å². The highest BCUT2D eigenvalue weighted by molar-refractivity contribution is 5.84. The number of hydrogen-bond acceptors (Lipinski definition) is 3. The van der Waals surface area contributed by atoms with Gasteiger partial charge in [0.2, 0.25) is 5.91 Å². The van der Waals surface area contributed by atoms with Gasteiger partial charge in [-0.1, -0.05) is 37.3 Å². The van der Waals surface area contributed by atoms with Crippen molar-refractivity contribution >= 4 is 5.91 Å². The lowest BCUT2D eigenvalue weighted by molar-refractivity contribution is -0.130. The number of methoxy groups -OCH3 is 1. The first-order valence-electron chi connectivity index (χ1n) is 7.35. The molecule has 4 heteroatoms. The maximum absolute atomic E-state index is 12.4. The van der Waals surface area contributed by atoms with E-state index in [4.69, 9.17) is 4.74 Å². The van der Waals surface area contributed by atoms with Crippen molar-refractivity contribution in [2.45, 2.75) is 38.4 Å². The molecule has 0 bridgehead atoms. The second kappa shape index (κ2) is 7.41. The first kappa shape index (κ1) is 15.0. The van der Waals surface area contributed by atoms with Crippen LogP contribution in [0.25, 0.3) is 0 Å². The molecule has 0 aliphatic carbocycles. The normalized spacial score (nSPS) is 22.5. The quantitative estimate of drug-likeness (QED) is 0.825. The van der Waals surface area contributed by atoms with Crippen LogP contribution < -0.4 is 5.32 Å². The van der Waals surface area contributed by atoms with Gasteiger partial charge >= 0.3 is 0 Å². The summed E-state index contributed by atoms with van der Waals surface area (Å²) >= 11 is 0. The van der Waals surface area contributed by atoms with Gasteiger partial charge in [0, 0.05) is 13.7 Å².